The van der Waals surface area contributed by atoms with Gasteiger partial charge in [0.1, 0.15) is 0 Å². The Bertz CT molecular complexity index is 3980. The van der Waals surface area contributed by atoms with Crippen LogP contribution in [0.4, 0.5) is 0 Å². The Labute approximate surface area is 439 Å². The molecule has 6 aromatic carbocycles. The predicted octanol–water partition coefficient (Wildman–Crippen LogP) is 15.5. The molecule has 11 aromatic rings. The van der Waals surface area contributed by atoms with E-state index >= 15 is 0 Å². The molecule has 15 rings (SSSR count). The van der Waals surface area contributed by atoms with E-state index in [2.05, 4.69) is 245 Å². The van der Waals surface area contributed by atoms with Crippen molar-refractivity contribution in [1.82, 2.24) is 23.5 Å². The fourth-order valence-electron chi connectivity index (χ4n) is 11.0. The van der Waals surface area contributed by atoms with Crippen molar-refractivity contribution in [2.75, 3.05) is 0 Å². The van der Waals surface area contributed by atoms with Crippen molar-refractivity contribution in [3.8, 4) is 45.4 Å². The molecular formula is C66H57N5OPt-2. The summed E-state index contributed by atoms with van der Waals surface area (Å²) in [5, 5.41) is 2.15. The Morgan fingerprint density at radius 2 is 1.27 bits per heavy atom. The van der Waals surface area contributed by atoms with Gasteiger partial charge in [-0.3, -0.25) is 0 Å². The van der Waals surface area contributed by atoms with E-state index in [-0.39, 0.29) is 10.8 Å². The molecular weight excluding hydrogens is 1070 g/mol. The average Bonchev–Trinajstić information content (AvgIpc) is 3.92. The molecule has 73 heavy (non-hydrogen) atoms. The van der Waals surface area contributed by atoms with Gasteiger partial charge in [-0.05, 0) is 38.8 Å². The van der Waals surface area contributed by atoms with E-state index in [1.165, 1.54) is 55.7 Å². The summed E-state index contributed by atoms with van der Waals surface area (Å²) in [6.07, 6.45) is 10.0. The first-order valence-electron chi connectivity index (χ1n) is 25.4. The van der Waals surface area contributed by atoms with Crippen LogP contribution in [0.5, 0.6) is 11.6 Å². The predicted molar refractivity (Wildman–Crippen MR) is 293 cm³/mol. The Morgan fingerprint density at radius 1 is 0.589 bits per heavy atom. The standard InChI is InChI=1S/C66H57N5O.Pt/c1-43-44(2)46-19-18-45(43)20-21-49-25-30-53(29-24-46)70-42-69(41-62(49)70)54-34-35-67-64(37-54)72-55-31-32-56-57-36-50(47-14-10-8-11-15-47)26-33-60(57)71(61(56)38-55)63-39-59(66(6,7)52-16-12-9-13-17-52)58(40-68-63)48-22-27-51(28-23-48)65(3,4)5;/h8-19,22-23,25-28,30-36,39-41H,20-21,24,29H2,1-7H3;/q-2;. The summed E-state index contributed by atoms with van der Waals surface area (Å²) in [5.41, 5.74) is 20.2. The van der Waals surface area contributed by atoms with Crippen LogP contribution in [0.2, 0.25) is 0 Å². The molecule has 0 radical (unpaired) electrons. The van der Waals surface area contributed by atoms with E-state index in [1.807, 2.05) is 18.3 Å². The van der Waals surface area contributed by atoms with Gasteiger partial charge in [0.2, 0.25) is 0 Å². The van der Waals surface area contributed by atoms with E-state index in [0.717, 1.165) is 85.1 Å². The summed E-state index contributed by atoms with van der Waals surface area (Å²) in [7, 11) is 0. The van der Waals surface area contributed by atoms with Crippen LogP contribution < -0.4 is 4.74 Å². The van der Waals surface area contributed by atoms with Gasteiger partial charge in [0.25, 0.3) is 0 Å². The van der Waals surface area contributed by atoms with Gasteiger partial charge in [0.15, 0.2) is 0 Å². The number of hydrogen-bond donors (Lipinski definition) is 0. The second-order valence-electron chi connectivity index (χ2n) is 21.2. The molecule has 0 atom stereocenters. The summed E-state index contributed by atoms with van der Waals surface area (Å²) in [6, 6.07) is 62.2. The third-order valence-electron chi connectivity index (χ3n) is 15.5. The summed E-state index contributed by atoms with van der Waals surface area (Å²) < 4.78 is 14.7. The van der Waals surface area contributed by atoms with E-state index in [4.69, 9.17) is 14.7 Å². The molecule has 0 spiro atoms. The summed E-state index contributed by atoms with van der Waals surface area (Å²) in [5.74, 6) is 1.71. The molecule has 2 aliphatic carbocycles. The van der Waals surface area contributed by atoms with Crippen LogP contribution in [0.1, 0.15) is 84.8 Å². The number of benzene rings is 6. The van der Waals surface area contributed by atoms with E-state index in [1.54, 1.807) is 0 Å². The second-order valence-corrected chi connectivity index (χ2v) is 22.2. The number of rotatable bonds is 8. The van der Waals surface area contributed by atoms with Gasteiger partial charge < -0.3 is 0 Å². The van der Waals surface area contributed by atoms with Crippen LogP contribution in [-0.4, -0.2) is 23.5 Å². The monoisotopic (exact) mass is 1130 g/mol. The fourth-order valence-corrected chi connectivity index (χ4v) is 12.0. The molecule has 4 aliphatic rings. The van der Waals surface area contributed by atoms with Crippen LogP contribution in [0.25, 0.3) is 61.1 Å². The van der Waals surface area contributed by atoms with Gasteiger partial charge in [0.05, 0.1) is 0 Å². The summed E-state index contributed by atoms with van der Waals surface area (Å²) >= 11 is 2.47. The van der Waals surface area contributed by atoms with Gasteiger partial charge in [-0.25, -0.2) is 0 Å². The topological polar surface area (TPSA) is 49.3 Å². The number of aromatic nitrogens is 5. The second kappa shape index (κ2) is 18.3. The molecule has 0 unspecified atom stereocenters. The number of ether oxygens (including phenoxy) is 1. The number of nitrogens with zero attached hydrogens (tertiary/aromatic N) is 5. The molecule has 0 N–H and O–H groups in total. The minimum absolute atomic E-state index is 0.0430. The fraction of sp³-hybridized carbons (Fsp3) is 0.197. The Hall–Kier alpha value is -7.40. The number of fused-ring (bicyclic) bond motifs is 3. The van der Waals surface area contributed by atoms with Crippen molar-refractivity contribution < 1.29 is 24.1 Å². The minimum atomic E-state index is -0.371. The molecule has 0 amide bonds. The van der Waals surface area contributed by atoms with Crippen molar-refractivity contribution in [2.45, 2.75) is 85.0 Å². The maximum atomic E-state index is 6.70. The first-order chi connectivity index (χ1) is 35.3. The quantitative estimate of drug-likeness (QED) is 0.143. The van der Waals surface area contributed by atoms with Crippen LogP contribution in [0.3, 0.4) is 0 Å². The molecule has 0 saturated heterocycles. The number of hydrogen-bond acceptors (Lipinski definition) is 3. The van der Waals surface area contributed by atoms with Crippen LogP contribution in [0, 0.1) is 29.8 Å². The number of aryl methyl sites for hydroxylation is 4. The van der Waals surface area contributed by atoms with Crippen LogP contribution in [-0.2, 0) is 55.9 Å². The molecule has 0 fully saturated rings. The van der Waals surface area contributed by atoms with Gasteiger partial charge in [0, 0.05) is 17.2 Å². The third-order valence-corrected chi connectivity index (χ3v) is 16.6. The van der Waals surface area contributed by atoms with E-state index in [9.17, 15) is 0 Å². The molecule has 0 saturated carbocycles. The number of pyridine rings is 3. The summed E-state index contributed by atoms with van der Waals surface area (Å²) in [6.45, 7) is 16.0. The van der Waals surface area contributed by atoms with Crippen molar-refractivity contribution in [1.29, 1.82) is 0 Å². The zero-order chi connectivity index (χ0) is 50.2. The van der Waals surface area contributed by atoms with Crippen LogP contribution in [0.15, 0.2) is 170 Å². The van der Waals surface area contributed by atoms with Crippen molar-refractivity contribution in [3.05, 3.63) is 236 Å². The Morgan fingerprint density at radius 3 is 2.01 bits per heavy atom. The van der Waals surface area contributed by atoms with Crippen LogP contribution >= 0.6 is 0 Å². The molecule has 5 aromatic heterocycles. The SMILES string of the molecule is Cc1c2ccc(c1C)CCc1ccc(c3cn(-c4[c-]c(Oc5[c-]c6c(cc5)c5cc(-c7ccccc7)ccc5n6-c5cc(C(C)(C)c6ccccc6)c(-c6ccc(C(C)(C)C)cc6)cn5)ncc4)[c](=[Pt])n13)CC2. The third kappa shape index (κ3) is 8.40. The molecule has 364 valence electrons. The molecule has 4 bridgehead atoms. The van der Waals surface area contributed by atoms with Crippen molar-refractivity contribution >= 4 is 27.3 Å². The van der Waals surface area contributed by atoms with E-state index < -0.39 is 0 Å². The molecule has 6 nitrogen and oxygen atoms in total. The van der Waals surface area contributed by atoms with Gasteiger partial charge in [-0.2, -0.15) is 0 Å². The normalized spacial score (nSPS) is 13.0. The van der Waals surface area contributed by atoms with Crippen molar-refractivity contribution in [2.24, 2.45) is 0 Å². The Kier molecular flexibility index (Phi) is 11.7. The zero-order valence-corrected chi connectivity index (χ0v) is 44.7. The first-order valence-corrected chi connectivity index (χ1v) is 26.5. The van der Waals surface area contributed by atoms with Gasteiger partial charge >= 0.3 is 260 Å². The van der Waals surface area contributed by atoms with E-state index in [0.29, 0.717) is 11.6 Å². The number of imidazole rings is 1. The van der Waals surface area contributed by atoms with Crippen molar-refractivity contribution in [3.63, 3.8) is 0 Å². The van der Waals surface area contributed by atoms with Gasteiger partial charge in [-0.1, -0.05) is 126 Å². The molecule has 7 heteroatoms. The zero-order valence-electron chi connectivity index (χ0n) is 42.5. The average molecular weight is 1130 g/mol. The maximum absolute atomic E-state index is 6.70. The molecule has 7 heterocycles. The Balaban J connectivity index is 0.970. The van der Waals surface area contributed by atoms with Gasteiger partial charge in [-0.15, -0.1) is 0 Å². The molecule has 2 aliphatic heterocycles. The first kappa shape index (κ1) is 46.7. The summed E-state index contributed by atoms with van der Waals surface area (Å²) in [4.78, 5) is 10.1.